The Morgan fingerprint density at radius 3 is 2.09 bits per heavy atom. The number of fused-ring (bicyclic) bond motifs is 3. The van der Waals surface area contributed by atoms with Crippen molar-refractivity contribution in [3.05, 3.63) is 126 Å². The molecule has 6 aromatic rings. The Bertz CT molecular complexity index is 1570. The van der Waals surface area contributed by atoms with Crippen molar-refractivity contribution in [2.45, 2.75) is 0 Å². The highest BCUT2D eigenvalue weighted by Crippen LogP contribution is 2.42. The van der Waals surface area contributed by atoms with Crippen LogP contribution in [0.15, 0.2) is 126 Å². The number of halogens is 1. The Labute approximate surface area is 197 Å². The minimum atomic E-state index is 0.671. The molecule has 6 rings (SSSR count). The van der Waals surface area contributed by atoms with E-state index in [1.165, 1.54) is 11.1 Å². The number of furan rings is 1. The van der Waals surface area contributed by atoms with Crippen LogP contribution in [0.3, 0.4) is 0 Å². The maximum absolute atomic E-state index is 6.20. The van der Waals surface area contributed by atoms with Gasteiger partial charge >= 0.3 is 0 Å². The van der Waals surface area contributed by atoms with E-state index in [9.17, 15) is 0 Å². The molecule has 0 atom stereocenters. The van der Waals surface area contributed by atoms with Crippen molar-refractivity contribution in [2.75, 3.05) is 4.90 Å². The molecule has 2 nitrogen and oxygen atoms in total. The number of anilines is 3. The van der Waals surface area contributed by atoms with Gasteiger partial charge in [-0.15, -0.1) is 0 Å². The van der Waals surface area contributed by atoms with Gasteiger partial charge in [-0.25, -0.2) is 0 Å². The molecule has 0 aliphatic heterocycles. The number of hydrogen-bond acceptors (Lipinski definition) is 2. The summed E-state index contributed by atoms with van der Waals surface area (Å²) in [6, 6.07) is 41.6. The minimum absolute atomic E-state index is 0.671. The minimum Gasteiger partial charge on any atom is -0.456 e. The van der Waals surface area contributed by atoms with Gasteiger partial charge in [0, 0.05) is 38.8 Å². The lowest BCUT2D eigenvalue weighted by atomic mass is 10.0. The maximum Gasteiger partial charge on any atom is 0.136 e. The zero-order chi connectivity index (χ0) is 22.2. The summed E-state index contributed by atoms with van der Waals surface area (Å²) < 4.78 is 6.07. The van der Waals surface area contributed by atoms with Crippen molar-refractivity contribution in [3.63, 3.8) is 0 Å². The topological polar surface area (TPSA) is 16.4 Å². The standard InChI is InChI=1S/C30H20ClNO/c31-22-15-17-26-27-20-24(16-18-29(27)33-30(26)19-22)32(23-11-5-2-6-12-23)28-14-8-7-13-25(28)21-9-3-1-4-10-21/h1-20H. The SMILES string of the molecule is Clc1ccc2c(c1)oc1ccc(N(c3ccccc3)c3ccccc3-c3ccccc3)cc12. The quantitative estimate of drug-likeness (QED) is 0.268. The number of hydrogen-bond donors (Lipinski definition) is 0. The molecule has 0 aliphatic rings. The molecule has 5 aromatic carbocycles. The van der Waals surface area contributed by atoms with Gasteiger partial charge in [-0.3, -0.25) is 0 Å². The molecule has 0 unspecified atom stereocenters. The van der Waals surface area contributed by atoms with Gasteiger partial charge in [0.15, 0.2) is 0 Å². The summed E-state index contributed by atoms with van der Waals surface area (Å²) in [6.07, 6.45) is 0. The van der Waals surface area contributed by atoms with Crippen LogP contribution in [0, 0.1) is 0 Å². The molecule has 0 amide bonds. The van der Waals surface area contributed by atoms with Crippen molar-refractivity contribution < 1.29 is 4.42 Å². The van der Waals surface area contributed by atoms with E-state index in [4.69, 9.17) is 16.0 Å². The second kappa shape index (κ2) is 8.16. The first-order valence-corrected chi connectivity index (χ1v) is 11.3. The van der Waals surface area contributed by atoms with Gasteiger partial charge < -0.3 is 9.32 Å². The molecule has 0 spiro atoms. The summed E-state index contributed by atoms with van der Waals surface area (Å²) in [7, 11) is 0. The molecular weight excluding hydrogens is 426 g/mol. The molecule has 0 bridgehead atoms. The third kappa shape index (κ3) is 3.55. The highest BCUT2D eigenvalue weighted by atomic mass is 35.5. The monoisotopic (exact) mass is 445 g/mol. The van der Waals surface area contributed by atoms with E-state index in [1.54, 1.807) is 0 Å². The third-order valence-electron chi connectivity index (χ3n) is 5.92. The lowest BCUT2D eigenvalue weighted by Gasteiger charge is -2.28. The summed E-state index contributed by atoms with van der Waals surface area (Å²) in [4.78, 5) is 2.30. The Morgan fingerprint density at radius 1 is 0.545 bits per heavy atom. The molecule has 0 aliphatic carbocycles. The molecule has 3 heteroatoms. The summed E-state index contributed by atoms with van der Waals surface area (Å²) in [5, 5.41) is 2.79. The van der Waals surface area contributed by atoms with E-state index in [-0.39, 0.29) is 0 Å². The van der Waals surface area contributed by atoms with Crippen molar-refractivity contribution in [2.24, 2.45) is 0 Å². The first-order chi connectivity index (χ1) is 16.3. The Hall–Kier alpha value is -4.01. The van der Waals surface area contributed by atoms with Crippen molar-refractivity contribution in [1.29, 1.82) is 0 Å². The normalized spacial score (nSPS) is 11.2. The van der Waals surface area contributed by atoms with Crippen LogP contribution >= 0.6 is 11.6 Å². The van der Waals surface area contributed by atoms with Crippen LogP contribution in [-0.4, -0.2) is 0 Å². The largest absolute Gasteiger partial charge is 0.456 e. The smallest absolute Gasteiger partial charge is 0.136 e. The molecule has 1 aromatic heterocycles. The number of nitrogens with zero attached hydrogens (tertiary/aromatic N) is 1. The molecule has 158 valence electrons. The first kappa shape index (κ1) is 19.7. The van der Waals surface area contributed by atoms with Gasteiger partial charge in [0.05, 0.1) is 5.69 Å². The number of benzene rings is 5. The second-order valence-electron chi connectivity index (χ2n) is 7.98. The lowest BCUT2D eigenvalue weighted by Crippen LogP contribution is -2.11. The van der Waals surface area contributed by atoms with Gasteiger partial charge in [0.1, 0.15) is 11.2 Å². The Kier molecular flexibility index (Phi) is 4.86. The molecule has 0 saturated carbocycles. The Morgan fingerprint density at radius 2 is 1.27 bits per heavy atom. The van der Waals surface area contributed by atoms with Gasteiger partial charge in [0.2, 0.25) is 0 Å². The predicted octanol–water partition coefficient (Wildman–Crippen LogP) is 9.38. The van der Waals surface area contributed by atoms with Crippen LogP contribution in [0.4, 0.5) is 17.1 Å². The summed E-state index contributed by atoms with van der Waals surface area (Å²) in [5.41, 5.74) is 7.27. The van der Waals surface area contributed by atoms with Gasteiger partial charge in [0.25, 0.3) is 0 Å². The summed E-state index contributed by atoms with van der Waals surface area (Å²) in [6.45, 7) is 0. The molecule has 0 fully saturated rings. The van der Waals surface area contributed by atoms with E-state index in [1.807, 2.05) is 36.4 Å². The van der Waals surface area contributed by atoms with Gasteiger partial charge in [-0.05, 0) is 54.1 Å². The van der Waals surface area contributed by atoms with Crippen LogP contribution in [-0.2, 0) is 0 Å². The molecule has 33 heavy (non-hydrogen) atoms. The second-order valence-corrected chi connectivity index (χ2v) is 8.41. The molecule has 0 N–H and O–H groups in total. The lowest BCUT2D eigenvalue weighted by molar-refractivity contribution is 0.669. The van der Waals surface area contributed by atoms with Crippen LogP contribution < -0.4 is 4.90 Å². The van der Waals surface area contributed by atoms with E-state index in [0.29, 0.717) is 5.02 Å². The highest BCUT2D eigenvalue weighted by molar-refractivity contribution is 6.31. The average molecular weight is 446 g/mol. The fraction of sp³-hybridized carbons (Fsp3) is 0. The van der Waals surface area contributed by atoms with Crippen LogP contribution in [0.2, 0.25) is 5.02 Å². The Balaban J connectivity index is 1.60. The third-order valence-corrected chi connectivity index (χ3v) is 6.15. The van der Waals surface area contributed by atoms with Crippen molar-refractivity contribution in [3.8, 4) is 11.1 Å². The zero-order valence-corrected chi connectivity index (χ0v) is 18.5. The van der Waals surface area contributed by atoms with Crippen molar-refractivity contribution in [1.82, 2.24) is 0 Å². The molecule has 1 heterocycles. The molecular formula is C30H20ClNO. The van der Waals surface area contributed by atoms with Crippen LogP contribution in [0.25, 0.3) is 33.1 Å². The fourth-order valence-corrected chi connectivity index (χ4v) is 4.57. The molecule has 0 radical (unpaired) electrons. The fourth-order valence-electron chi connectivity index (χ4n) is 4.41. The highest BCUT2D eigenvalue weighted by Gasteiger charge is 2.18. The first-order valence-electron chi connectivity index (χ1n) is 10.9. The number of rotatable bonds is 4. The van der Waals surface area contributed by atoms with Crippen LogP contribution in [0.1, 0.15) is 0 Å². The van der Waals surface area contributed by atoms with Gasteiger partial charge in [-0.1, -0.05) is 78.3 Å². The van der Waals surface area contributed by atoms with Gasteiger partial charge in [-0.2, -0.15) is 0 Å². The van der Waals surface area contributed by atoms with Crippen LogP contribution in [0.5, 0.6) is 0 Å². The average Bonchev–Trinajstić information content (AvgIpc) is 3.22. The van der Waals surface area contributed by atoms with E-state index in [0.717, 1.165) is 39.0 Å². The summed E-state index contributed by atoms with van der Waals surface area (Å²) >= 11 is 6.20. The van der Waals surface area contributed by atoms with E-state index >= 15 is 0 Å². The number of para-hydroxylation sites is 2. The van der Waals surface area contributed by atoms with E-state index < -0.39 is 0 Å². The zero-order valence-electron chi connectivity index (χ0n) is 17.8. The molecule has 0 saturated heterocycles. The summed E-state index contributed by atoms with van der Waals surface area (Å²) in [5.74, 6) is 0. The van der Waals surface area contributed by atoms with E-state index in [2.05, 4.69) is 89.8 Å². The predicted molar refractivity (Wildman–Crippen MR) is 139 cm³/mol. The maximum atomic E-state index is 6.20. The van der Waals surface area contributed by atoms with Crippen molar-refractivity contribution >= 4 is 50.6 Å².